The quantitative estimate of drug-likeness (QED) is 0.774. The minimum absolute atomic E-state index is 0. The molecule has 0 aliphatic carbocycles. The van der Waals surface area contributed by atoms with Gasteiger partial charge < -0.3 is 10.2 Å². The molecular weight excluding hydrogens is 382 g/mol. The SMILES string of the molecule is CCNS(=O)(=O)c1ccc2c(c1)N(C(=O)CC1CSCCN1)CC2.Cl. The smallest absolute Gasteiger partial charge is 0.240 e. The van der Waals surface area contributed by atoms with Crippen LogP contribution >= 0.6 is 24.2 Å². The minimum atomic E-state index is -3.51. The zero-order valence-electron chi connectivity index (χ0n) is 14.2. The van der Waals surface area contributed by atoms with E-state index in [0.717, 1.165) is 35.7 Å². The second kappa shape index (κ2) is 8.73. The minimum Gasteiger partial charge on any atom is -0.312 e. The number of fused-ring (bicyclic) bond motifs is 1. The average molecular weight is 406 g/mol. The van der Waals surface area contributed by atoms with Crippen LogP contribution in [-0.2, 0) is 21.2 Å². The zero-order valence-corrected chi connectivity index (χ0v) is 16.6. The van der Waals surface area contributed by atoms with Gasteiger partial charge in [0.05, 0.1) is 4.90 Å². The second-order valence-electron chi connectivity index (χ2n) is 6.02. The Morgan fingerprint density at radius 2 is 2.24 bits per heavy atom. The number of benzene rings is 1. The summed E-state index contributed by atoms with van der Waals surface area (Å²) >= 11 is 1.86. The first-order chi connectivity index (χ1) is 11.5. The lowest BCUT2D eigenvalue weighted by atomic mass is 10.1. The first-order valence-corrected chi connectivity index (χ1v) is 10.9. The van der Waals surface area contributed by atoms with E-state index in [1.54, 1.807) is 24.0 Å². The molecule has 25 heavy (non-hydrogen) atoms. The topological polar surface area (TPSA) is 78.5 Å². The van der Waals surface area contributed by atoms with Crippen LogP contribution in [-0.4, -0.2) is 51.5 Å². The van der Waals surface area contributed by atoms with Crippen LogP contribution < -0.4 is 14.9 Å². The summed E-state index contributed by atoms with van der Waals surface area (Å²) in [6, 6.07) is 5.27. The fourth-order valence-electron chi connectivity index (χ4n) is 3.13. The van der Waals surface area contributed by atoms with Crippen LogP contribution in [0.2, 0.25) is 0 Å². The predicted octanol–water partition coefficient (Wildman–Crippen LogP) is 1.39. The molecule has 1 atom stereocenters. The number of carbonyl (C=O) groups excluding carboxylic acids is 1. The van der Waals surface area contributed by atoms with Crippen LogP contribution in [0.4, 0.5) is 5.69 Å². The van der Waals surface area contributed by atoms with Crippen molar-refractivity contribution in [1.29, 1.82) is 0 Å². The van der Waals surface area contributed by atoms with Crippen molar-refractivity contribution in [3.63, 3.8) is 0 Å². The van der Waals surface area contributed by atoms with Gasteiger partial charge in [-0.25, -0.2) is 13.1 Å². The number of hydrogen-bond donors (Lipinski definition) is 2. The number of nitrogens with zero attached hydrogens (tertiary/aromatic N) is 1. The molecule has 140 valence electrons. The molecule has 0 radical (unpaired) electrons. The Hall–Kier alpha value is -0.800. The van der Waals surface area contributed by atoms with Crippen molar-refractivity contribution >= 4 is 45.8 Å². The maximum atomic E-state index is 12.7. The summed E-state index contributed by atoms with van der Waals surface area (Å²) in [6.45, 7) is 3.64. The molecule has 2 aliphatic rings. The van der Waals surface area contributed by atoms with Gasteiger partial charge >= 0.3 is 0 Å². The van der Waals surface area contributed by atoms with Crippen molar-refractivity contribution < 1.29 is 13.2 Å². The number of nitrogens with one attached hydrogen (secondary N) is 2. The third kappa shape index (κ3) is 4.68. The summed E-state index contributed by atoms with van der Waals surface area (Å²) in [7, 11) is -3.51. The highest BCUT2D eigenvalue weighted by atomic mass is 35.5. The molecule has 0 spiro atoms. The number of amides is 1. The van der Waals surface area contributed by atoms with Gasteiger partial charge in [0.2, 0.25) is 15.9 Å². The number of hydrogen-bond acceptors (Lipinski definition) is 5. The zero-order chi connectivity index (χ0) is 17.2. The van der Waals surface area contributed by atoms with Gasteiger partial charge in [-0.2, -0.15) is 11.8 Å². The third-order valence-corrected chi connectivity index (χ3v) is 6.99. The molecule has 1 aromatic rings. The number of anilines is 1. The van der Waals surface area contributed by atoms with Gasteiger partial charge in [-0.1, -0.05) is 13.0 Å². The van der Waals surface area contributed by atoms with Gasteiger partial charge in [0.25, 0.3) is 0 Å². The molecule has 2 heterocycles. The number of thioether (sulfide) groups is 1. The Balaban J connectivity index is 0.00000225. The van der Waals surface area contributed by atoms with Crippen molar-refractivity contribution in [2.75, 3.05) is 36.0 Å². The van der Waals surface area contributed by atoms with Crippen LogP contribution in [0.3, 0.4) is 0 Å². The largest absolute Gasteiger partial charge is 0.312 e. The molecule has 1 fully saturated rings. The van der Waals surface area contributed by atoms with E-state index in [4.69, 9.17) is 0 Å². The lowest BCUT2D eigenvalue weighted by molar-refractivity contribution is -0.118. The van der Waals surface area contributed by atoms with E-state index in [-0.39, 0.29) is 29.3 Å². The maximum absolute atomic E-state index is 12.7. The van der Waals surface area contributed by atoms with Gasteiger partial charge in [-0.3, -0.25) is 4.79 Å². The van der Waals surface area contributed by atoms with Crippen molar-refractivity contribution in [2.45, 2.75) is 30.7 Å². The molecule has 3 rings (SSSR count). The predicted molar refractivity (Wildman–Crippen MR) is 104 cm³/mol. The fraction of sp³-hybridized carbons (Fsp3) is 0.562. The molecule has 0 aromatic heterocycles. The number of carbonyl (C=O) groups is 1. The van der Waals surface area contributed by atoms with E-state index in [1.807, 2.05) is 17.8 Å². The molecule has 1 saturated heterocycles. The molecule has 2 N–H and O–H groups in total. The van der Waals surface area contributed by atoms with E-state index >= 15 is 0 Å². The maximum Gasteiger partial charge on any atom is 0.240 e. The lowest BCUT2D eigenvalue weighted by Crippen LogP contribution is -2.42. The van der Waals surface area contributed by atoms with Crippen LogP contribution in [0.15, 0.2) is 23.1 Å². The monoisotopic (exact) mass is 405 g/mol. The van der Waals surface area contributed by atoms with E-state index in [0.29, 0.717) is 19.5 Å². The Kier molecular flexibility index (Phi) is 7.16. The summed E-state index contributed by atoms with van der Waals surface area (Å²) in [5.74, 6) is 2.09. The van der Waals surface area contributed by atoms with Crippen LogP contribution in [0, 0.1) is 0 Å². The normalized spacial score (nSPS) is 20.0. The Bertz CT molecular complexity index is 721. The molecule has 2 aliphatic heterocycles. The molecule has 0 saturated carbocycles. The van der Waals surface area contributed by atoms with Gasteiger partial charge in [0, 0.05) is 49.3 Å². The summed E-state index contributed by atoms with van der Waals surface area (Å²) in [5, 5.41) is 3.38. The Labute approximate surface area is 159 Å². The molecule has 0 bridgehead atoms. The van der Waals surface area contributed by atoms with Crippen LogP contribution in [0.25, 0.3) is 0 Å². The summed E-state index contributed by atoms with van der Waals surface area (Å²) in [6.07, 6.45) is 1.23. The Morgan fingerprint density at radius 1 is 1.44 bits per heavy atom. The lowest BCUT2D eigenvalue weighted by Gasteiger charge is -2.25. The first-order valence-electron chi connectivity index (χ1n) is 8.25. The van der Waals surface area contributed by atoms with Crippen molar-refractivity contribution in [1.82, 2.24) is 10.0 Å². The van der Waals surface area contributed by atoms with E-state index in [1.165, 1.54) is 0 Å². The standard InChI is InChI=1S/C16H23N3O3S2.ClH/c1-2-18-24(21,22)14-4-3-12-5-7-19(15(12)10-14)16(20)9-13-11-23-8-6-17-13;/h3-4,10,13,17-18H,2,5-9,11H2,1H3;1H. The average Bonchev–Trinajstić information content (AvgIpc) is 2.99. The molecule has 1 aromatic carbocycles. The fourth-order valence-corrected chi connectivity index (χ4v) is 5.14. The molecule has 1 amide bonds. The highest BCUT2D eigenvalue weighted by Gasteiger charge is 2.28. The molecule has 1 unspecified atom stereocenters. The van der Waals surface area contributed by atoms with E-state index < -0.39 is 10.0 Å². The number of sulfonamides is 1. The van der Waals surface area contributed by atoms with Crippen molar-refractivity contribution in [3.05, 3.63) is 23.8 Å². The first kappa shape index (κ1) is 20.5. The van der Waals surface area contributed by atoms with Crippen molar-refractivity contribution in [3.8, 4) is 0 Å². The van der Waals surface area contributed by atoms with Gasteiger partial charge in [-0.15, -0.1) is 12.4 Å². The van der Waals surface area contributed by atoms with E-state index in [9.17, 15) is 13.2 Å². The molecular formula is C16H24ClN3O3S2. The molecule has 9 heteroatoms. The van der Waals surface area contributed by atoms with Crippen LogP contribution in [0.1, 0.15) is 18.9 Å². The number of halogens is 1. The third-order valence-electron chi connectivity index (χ3n) is 4.32. The number of rotatable bonds is 5. The van der Waals surface area contributed by atoms with E-state index in [2.05, 4.69) is 10.0 Å². The van der Waals surface area contributed by atoms with Gasteiger partial charge in [-0.05, 0) is 24.1 Å². The summed E-state index contributed by atoms with van der Waals surface area (Å²) < 4.78 is 26.9. The highest BCUT2D eigenvalue weighted by molar-refractivity contribution is 7.99. The Morgan fingerprint density at radius 3 is 2.92 bits per heavy atom. The van der Waals surface area contributed by atoms with Crippen LogP contribution in [0.5, 0.6) is 0 Å². The molecule has 6 nitrogen and oxygen atoms in total. The summed E-state index contributed by atoms with van der Waals surface area (Å²) in [5.41, 5.74) is 1.77. The van der Waals surface area contributed by atoms with Crippen molar-refractivity contribution in [2.24, 2.45) is 0 Å². The van der Waals surface area contributed by atoms with Gasteiger partial charge in [0.1, 0.15) is 0 Å². The summed E-state index contributed by atoms with van der Waals surface area (Å²) in [4.78, 5) is 14.6. The second-order valence-corrected chi connectivity index (χ2v) is 8.93. The highest BCUT2D eigenvalue weighted by Crippen LogP contribution is 2.31. The van der Waals surface area contributed by atoms with Gasteiger partial charge in [0.15, 0.2) is 0 Å².